The number of amides is 2. The van der Waals surface area contributed by atoms with E-state index >= 15 is 0 Å². The van der Waals surface area contributed by atoms with Gasteiger partial charge in [-0.3, -0.25) is 9.78 Å². The number of benzene rings is 1. The lowest BCUT2D eigenvalue weighted by molar-refractivity contribution is 0.0240. The Morgan fingerprint density at radius 3 is 2.79 bits per heavy atom. The fourth-order valence-electron chi connectivity index (χ4n) is 4.82. The number of nitrogens with one attached hydrogen (secondary N) is 1. The Kier molecular flexibility index (Phi) is 6.61. The molecular weight excluding hydrogens is 458 g/mol. The molecule has 2 amide bonds. The van der Waals surface area contributed by atoms with Crippen LogP contribution in [0, 0.1) is 0 Å². The molecule has 1 aliphatic carbocycles. The Bertz CT molecular complexity index is 1060. The second-order valence-electron chi connectivity index (χ2n) is 9.13. The molecule has 34 heavy (non-hydrogen) atoms. The first-order valence-electron chi connectivity index (χ1n) is 11.7. The zero-order chi connectivity index (χ0) is 23.7. The van der Waals surface area contributed by atoms with Crippen molar-refractivity contribution in [2.45, 2.75) is 56.4 Å². The van der Waals surface area contributed by atoms with Gasteiger partial charge in [0.2, 0.25) is 0 Å². The third-order valence-electron chi connectivity index (χ3n) is 6.96. The molecule has 3 fully saturated rings. The smallest absolute Gasteiger partial charge is 0.410 e. The zero-order valence-electron chi connectivity index (χ0n) is 19.0. The van der Waals surface area contributed by atoms with Crippen LogP contribution >= 0.6 is 11.6 Å². The second kappa shape index (κ2) is 9.80. The van der Waals surface area contributed by atoms with Crippen molar-refractivity contribution >= 4 is 23.6 Å². The number of aromatic nitrogens is 1. The van der Waals surface area contributed by atoms with E-state index in [0.29, 0.717) is 42.6 Å². The Morgan fingerprint density at radius 2 is 2.03 bits per heavy atom. The topological polar surface area (TPSA) is 90.0 Å². The van der Waals surface area contributed by atoms with Gasteiger partial charge in [-0.25, -0.2) is 4.79 Å². The molecule has 0 radical (unpaired) electrons. The van der Waals surface area contributed by atoms with Crippen molar-refractivity contribution in [2.24, 2.45) is 0 Å². The molecule has 0 bridgehead atoms. The quantitative estimate of drug-likeness (QED) is 0.639. The average molecular weight is 486 g/mol. The maximum atomic E-state index is 12.8. The van der Waals surface area contributed by atoms with Gasteiger partial charge in [-0.2, -0.15) is 0 Å². The van der Waals surface area contributed by atoms with E-state index in [1.807, 2.05) is 12.1 Å². The summed E-state index contributed by atoms with van der Waals surface area (Å²) >= 11 is 5.93. The fourth-order valence-corrected chi connectivity index (χ4v) is 4.94. The molecule has 3 heterocycles. The second-order valence-corrected chi connectivity index (χ2v) is 9.57. The van der Waals surface area contributed by atoms with Crippen LogP contribution in [0.3, 0.4) is 0 Å². The SMILES string of the molecule is COC1CC(c2cnc(C(=O)NCc3ccc(Cl)cc3)cc2O[C@H]2CCN3C(=O)OC[C@@H]3C2)C1. The first kappa shape index (κ1) is 22.9. The molecule has 3 aliphatic rings. The lowest BCUT2D eigenvalue weighted by atomic mass is 9.77. The Hall–Kier alpha value is -2.84. The van der Waals surface area contributed by atoms with Gasteiger partial charge in [-0.05, 0) is 36.5 Å². The number of hydrogen-bond acceptors (Lipinski definition) is 6. The molecule has 1 aromatic heterocycles. The van der Waals surface area contributed by atoms with Crippen molar-refractivity contribution in [3.63, 3.8) is 0 Å². The van der Waals surface area contributed by atoms with E-state index in [2.05, 4.69) is 10.3 Å². The normalized spacial score (nSPS) is 25.8. The largest absolute Gasteiger partial charge is 0.490 e. The van der Waals surface area contributed by atoms with Crippen molar-refractivity contribution in [1.82, 2.24) is 15.2 Å². The minimum absolute atomic E-state index is 0.0419. The number of hydrogen-bond donors (Lipinski definition) is 1. The van der Waals surface area contributed by atoms with Gasteiger partial charge in [0, 0.05) is 55.9 Å². The van der Waals surface area contributed by atoms with Crippen LogP contribution in [0.1, 0.15) is 53.2 Å². The number of rotatable bonds is 7. The van der Waals surface area contributed by atoms with Crippen LogP contribution in [0.4, 0.5) is 4.79 Å². The van der Waals surface area contributed by atoms with Crippen LogP contribution in [0.15, 0.2) is 36.5 Å². The number of nitrogens with zero attached hydrogens (tertiary/aromatic N) is 2. The molecule has 2 aliphatic heterocycles. The molecule has 180 valence electrons. The van der Waals surface area contributed by atoms with Gasteiger partial charge in [0.1, 0.15) is 24.2 Å². The standard InChI is InChI=1S/C25H28ClN3O5/c1-32-20-8-16(9-20)21-13-27-22(24(30)28-12-15-2-4-17(26)5-3-15)11-23(21)34-19-6-7-29-18(10-19)14-33-25(29)31/h2-5,11,13,16,18-20H,6-10,12,14H2,1H3,(H,28,30)/t16?,18-,19-,20?/m0/s1. The van der Waals surface area contributed by atoms with E-state index in [1.54, 1.807) is 36.4 Å². The van der Waals surface area contributed by atoms with E-state index < -0.39 is 0 Å². The molecule has 8 nitrogen and oxygen atoms in total. The molecule has 2 saturated heterocycles. The molecule has 0 spiro atoms. The van der Waals surface area contributed by atoms with E-state index in [0.717, 1.165) is 30.4 Å². The van der Waals surface area contributed by atoms with Gasteiger partial charge < -0.3 is 24.4 Å². The molecule has 0 unspecified atom stereocenters. The summed E-state index contributed by atoms with van der Waals surface area (Å²) in [5, 5.41) is 3.57. The van der Waals surface area contributed by atoms with Crippen LogP contribution in [-0.4, -0.2) is 60.4 Å². The summed E-state index contributed by atoms with van der Waals surface area (Å²) < 4.78 is 17.1. The van der Waals surface area contributed by atoms with Crippen LogP contribution in [-0.2, 0) is 16.0 Å². The molecule has 1 aromatic carbocycles. The lowest BCUT2D eigenvalue weighted by Crippen LogP contribution is -2.44. The number of cyclic esters (lactones) is 1. The Morgan fingerprint density at radius 1 is 1.24 bits per heavy atom. The average Bonchev–Trinajstić information content (AvgIpc) is 3.18. The minimum Gasteiger partial charge on any atom is -0.490 e. The monoisotopic (exact) mass is 485 g/mol. The first-order valence-corrected chi connectivity index (χ1v) is 12.0. The third-order valence-corrected chi connectivity index (χ3v) is 7.21. The molecule has 2 aromatic rings. The van der Waals surface area contributed by atoms with E-state index in [4.69, 9.17) is 25.8 Å². The number of piperidine rings is 1. The highest BCUT2D eigenvalue weighted by Crippen LogP contribution is 2.43. The maximum absolute atomic E-state index is 12.8. The zero-order valence-corrected chi connectivity index (χ0v) is 19.8. The molecule has 9 heteroatoms. The number of methoxy groups -OCH3 is 1. The number of fused-ring (bicyclic) bond motifs is 1. The summed E-state index contributed by atoms with van der Waals surface area (Å²) in [6.45, 7) is 1.39. The molecular formula is C25H28ClN3O5. The molecule has 1 N–H and O–H groups in total. The minimum atomic E-state index is -0.265. The van der Waals surface area contributed by atoms with Crippen molar-refractivity contribution in [3.8, 4) is 5.75 Å². The third kappa shape index (κ3) is 4.83. The summed E-state index contributed by atoms with van der Waals surface area (Å²) in [6, 6.07) is 9.13. The highest BCUT2D eigenvalue weighted by Gasteiger charge is 2.40. The lowest BCUT2D eigenvalue weighted by Gasteiger charge is -2.37. The summed E-state index contributed by atoms with van der Waals surface area (Å²) in [5.41, 5.74) is 2.27. The molecule has 5 rings (SSSR count). The molecule has 2 atom stereocenters. The van der Waals surface area contributed by atoms with Crippen molar-refractivity contribution in [3.05, 3.63) is 58.4 Å². The summed E-state index contributed by atoms with van der Waals surface area (Å²) in [5.74, 6) is 0.712. The first-order chi connectivity index (χ1) is 16.5. The van der Waals surface area contributed by atoms with Crippen LogP contribution in [0.25, 0.3) is 0 Å². The van der Waals surface area contributed by atoms with Crippen molar-refractivity contribution in [2.75, 3.05) is 20.3 Å². The van der Waals surface area contributed by atoms with Crippen LogP contribution < -0.4 is 10.1 Å². The highest BCUT2D eigenvalue weighted by atomic mass is 35.5. The van der Waals surface area contributed by atoms with E-state index in [-0.39, 0.29) is 36.2 Å². The van der Waals surface area contributed by atoms with E-state index in [1.165, 1.54) is 0 Å². The summed E-state index contributed by atoms with van der Waals surface area (Å²) in [4.78, 5) is 30.9. The summed E-state index contributed by atoms with van der Waals surface area (Å²) in [6.07, 6.45) is 4.94. The highest BCUT2D eigenvalue weighted by molar-refractivity contribution is 6.30. The number of halogens is 1. The van der Waals surface area contributed by atoms with Gasteiger partial charge in [0.05, 0.1) is 12.1 Å². The number of carbonyl (C=O) groups is 2. The van der Waals surface area contributed by atoms with Gasteiger partial charge in [-0.15, -0.1) is 0 Å². The van der Waals surface area contributed by atoms with Crippen molar-refractivity contribution < 1.29 is 23.8 Å². The summed E-state index contributed by atoms with van der Waals surface area (Å²) in [7, 11) is 1.73. The van der Waals surface area contributed by atoms with Crippen LogP contribution in [0.2, 0.25) is 5.02 Å². The predicted molar refractivity (Wildman–Crippen MR) is 125 cm³/mol. The van der Waals surface area contributed by atoms with Crippen molar-refractivity contribution in [1.29, 1.82) is 0 Å². The number of ether oxygens (including phenoxy) is 3. The Labute approximate surface area is 203 Å². The van der Waals surface area contributed by atoms with Gasteiger partial charge >= 0.3 is 6.09 Å². The van der Waals surface area contributed by atoms with Gasteiger partial charge in [0.15, 0.2) is 0 Å². The Balaban J connectivity index is 1.30. The van der Waals surface area contributed by atoms with Gasteiger partial charge in [-0.1, -0.05) is 23.7 Å². The van der Waals surface area contributed by atoms with Crippen LogP contribution in [0.5, 0.6) is 5.75 Å². The fraction of sp³-hybridized carbons (Fsp3) is 0.480. The van der Waals surface area contributed by atoms with E-state index in [9.17, 15) is 9.59 Å². The number of pyridine rings is 1. The van der Waals surface area contributed by atoms with Gasteiger partial charge in [0.25, 0.3) is 5.91 Å². The molecule has 1 saturated carbocycles. The number of carbonyl (C=O) groups excluding carboxylic acids is 2. The predicted octanol–water partition coefficient (Wildman–Crippen LogP) is 3.92. The maximum Gasteiger partial charge on any atom is 0.410 e.